The van der Waals surface area contributed by atoms with Crippen LogP contribution in [0, 0.1) is 0 Å². The van der Waals surface area contributed by atoms with E-state index in [0.29, 0.717) is 0 Å². The van der Waals surface area contributed by atoms with Gasteiger partial charge >= 0.3 is 0 Å². The highest BCUT2D eigenvalue weighted by Gasteiger charge is 1.92. The molecule has 0 heterocycles. The molecule has 0 spiro atoms. The molecule has 0 aliphatic carbocycles. The van der Waals surface area contributed by atoms with E-state index in [1.165, 1.54) is 12.0 Å². The highest BCUT2D eigenvalue weighted by molar-refractivity contribution is 5.13. The summed E-state index contributed by atoms with van der Waals surface area (Å²) in [6.07, 6.45) is 5.30. The second-order valence-electron chi connectivity index (χ2n) is 4.07. The van der Waals surface area contributed by atoms with Gasteiger partial charge in [-0.3, -0.25) is 0 Å². The van der Waals surface area contributed by atoms with Crippen LogP contribution in [0.3, 0.4) is 0 Å². The van der Waals surface area contributed by atoms with E-state index in [4.69, 9.17) is 4.74 Å². The first kappa shape index (κ1) is 13.9. The van der Waals surface area contributed by atoms with Gasteiger partial charge in [0.05, 0.1) is 6.61 Å². The van der Waals surface area contributed by atoms with Crippen molar-refractivity contribution in [2.75, 3.05) is 19.7 Å². The molecule has 2 heteroatoms. The van der Waals surface area contributed by atoms with E-state index < -0.39 is 0 Å². The minimum absolute atomic E-state index is 0.720. The molecule has 0 saturated carbocycles. The van der Waals surface area contributed by atoms with Gasteiger partial charge in [0.25, 0.3) is 0 Å². The number of hydrogen-bond donors (Lipinski definition) is 1. The predicted molar refractivity (Wildman–Crippen MR) is 73.0 cm³/mol. The Hall–Kier alpha value is -1.12. The summed E-state index contributed by atoms with van der Waals surface area (Å²) in [6.45, 7) is 7.35. The second kappa shape index (κ2) is 10.1. The maximum absolute atomic E-state index is 5.59. The molecule has 1 aromatic rings. The Balaban J connectivity index is 1.86. The molecule has 0 aliphatic rings. The van der Waals surface area contributed by atoms with Gasteiger partial charge in [-0.25, -0.2) is 0 Å². The smallest absolute Gasteiger partial charge is 0.0716 e. The van der Waals surface area contributed by atoms with Crippen LogP contribution in [0.2, 0.25) is 0 Å². The Morgan fingerprint density at radius 3 is 2.65 bits per heavy atom. The summed E-state index contributed by atoms with van der Waals surface area (Å²) in [7, 11) is 0. The van der Waals surface area contributed by atoms with Crippen LogP contribution >= 0.6 is 0 Å². The van der Waals surface area contributed by atoms with Gasteiger partial charge in [0.1, 0.15) is 0 Å². The molecule has 94 valence electrons. The van der Waals surface area contributed by atoms with Crippen LogP contribution in [0.1, 0.15) is 24.8 Å². The zero-order valence-corrected chi connectivity index (χ0v) is 10.5. The highest BCUT2D eigenvalue weighted by Crippen LogP contribution is 2.00. The van der Waals surface area contributed by atoms with Crippen molar-refractivity contribution in [3.05, 3.63) is 48.6 Å². The van der Waals surface area contributed by atoms with Crippen LogP contribution in [0.4, 0.5) is 0 Å². The van der Waals surface area contributed by atoms with Crippen molar-refractivity contribution in [3.8, 4) is 0 Å². The Morgan fingerprint density at radius 2 is 1.88 bits per heavy atom. The van der Waals surface area contributed by atoms with Gasteiger partial charge in [-0.15, -0.1) is 6.58 Å². The molecule has 17 heavy (non-hydrogen) atoms. The number of benzene rings is 1. The third kappa shape index (κ3) is 7.72. The SMILES string of the molecule is C=CCCCNCCCOCc1ccccc1. The number of hydrogen-bond acceptors (Lipinski definition) is 2. The quantitative estimate of drug-likeness (QED) is 0.495. The molecular formula is C15H23NO. The van der Waals surface area contributed by atoms with Gasteiger partial charge in [-0.1, -0.05) is 36.4 Å². The molecule has 0 atom stereocenters. The number of allylic oxidation sites excluding steroid dienone is 1. The van der Waals surface area contributed by atoms with Crippen LogP contribution in [0.15, 0.2) is 43.0 Å². The van der Waals surface area contributed by atoms with E-state index in [1.807, 2.05) is 24.3 Å². The Bertz CT molecular complexity index is 284. The maximum atomic E-state index is 5.59. The molecule has 0 saturated heterocycles. The monoisotopic (exact) mass is 233 g/mol. The lowest BCUT2D eigenvalue weighted by atomic mass is 10.2. The normalized spacial score (nSPS) is 10.4. The summed E-state index contributed by atoms with van der Waals surface area (Å²) in [5, 5.41) is 3.39. The molecule has 2 nitrogen and oxygen atoms in total. The Kier molecular flexibility index (Phi) is 8.25. The van der Waals surface area contributed by atoms with E-state index in [2.05, 4.69) is 24.0 Å². The topological polar surface area (TPSA) is 21.3 Å². The standard InChI is InChI=1S/C15H23NO/c1-2-3-7-11-16-12-8-13-17-14-15-9-5-4-6-10-15/h2,4-6,9-10,16H,1,3,7-8,11-14H2. The van der Waals surface area contributed by atoms with Crippen molar-refractivity contribution in [2.24, 2.45) is 0 Å². The lowest BCUT2D eigenvalue weighted by Gasteiger charge is -2.05. The van der Waals surface area contributed by atoms with E-state index in [9.17, 15) is 0 Å². The van der Waals surface area contributed by atoms with Crippen LogP contribution in [-0.2, 0) is 11.3 Å². The fourth-order valence-electron chi connectivity index (χ4n) is 1.56. The maximum Gasteiger partial charge on any atom is 0.0716 e. The van der Waals surface area contributed by atoms with Gasteiger partial charge in [0.15, 0.2) is 0 Å². The highest BCUT2D eigenvalue weighted by atomic mass is 16.5. The van der Waals surface area contributed by atoms with Crippen molar-refractivity contribution < 1.29 is 4.74 Å². The first-order valence-electron chi connectivity index (χ1n) is 6.37. The fourth-order valence-corrected chi connectivity index (χ4v) is 1.56. The van der Waals surface area contributed by atoms with Crippen LogP contribution < -0.4 is 5.32 Å². The molecule has 1 rings (SSSR count). The fraction of sp³-hybridized carbons (Fsp3) is 0.467. The predicted octanol–water partition coefficient (Wildman–Crippen LogP) is 3.15. The summed E-state index contributed by atoms with van der Waals surface area (Å²) in [4.78, 5) is 0. The minimum atomic E-state index is 0.720. The summed E-state index contributed by atoms with van der Waals surface area (Å²) in [5.41, 5.74) is 1.24. The van der Waals surface area contributed by atoms with Crippen molar-refractivity contribution in [1.82, 2.24) is 5.32 Å². The van der Waals surface area contributed by atoms with Crippen molar-refractivity contribution in [3.63, 3.8) is 0 Å². The lowest BCUT2D eigenvalue weighted by Crippen LogP contribution is -2.17. The summed E-state index contributed by atoms with van der Waals surface area (Å²) >= 11 is 0. The molecule has 0 aliphatic heterocycles. The molecule has 0 fully saturated rings. The number of unbranched alkanes of at least 4 members (excludes halogenated alkanes) is 1. The minimum Gasteiger partial charge on any atom is -0.377 e. The second-order valence-corrected chi connectivity index (χ2v) is 4.07. The van der Waals surface area contributed by atoms with Gasteiger partial charge in [0.2, 0.25) is 0 Å². The van der Waals surface area contributed by atoms with Gasteiger partial charge < -0.3 is 10.1 Å². The average molecular weight is 233 g/mol. The summed E-state index contributed by atoms with van der Waals surface area (Å²) in [5.74, 6) is 0. The van der Waals surface area contributed by atoms with Gasteiger partial charge in [-0.2, -0.15) is 0 Å². The first-order chi connectivity index (χ1) is 8.43. The van der Waals surface area contributed by atoms with Gasteiger partial charge in [0, 0.05) is 6.61 Å². The average Bonchev–Trinajstić information content (AvgIpc) is 2.38. The molecule has 1 aromatic carbocycles. The molecule has 0 radical (unpaired) electrons. The third-order valence-corrected chi connectivity index (χ3v) is 2.52. The Morgan fingerprint density at radius 1 is 1.12 bits per heavy atom. The third-order valence-electron chi connectivity index (χ3n) is 2.52. The van der Waals surface area contributed by atoms with E-state index >= 15 is 0 Å². The molecular weight excluding hydrogens is 210 g/mol. The molecule has 0 aromatic heterocycles. The molecule has 0 bridgehead atoms. The summed E-state index contributed by atoms with van der Waals surface area (Å²) in [6, 6.07) is 10.3. The molecule has 0 unspecified atom stereocenters. The van der Waals surface area contributed by atoms with Crippen molar-refractivity contribution >= 4 is 0 Å². The number of ether oxygens (including phenoxy) is 1. The van der Waals surface area contributed by atoms with Crippen LogP contribution in [-0.4, -0.2) is 19.7 Å². The van der Waals surface area contributed by atoms with Crippen molar-refractivity contribution in [2.45, 2.75) is 25.9 Å². The van der Waals surface area contributed by atoms with Crippen LogP contribution in [0.5, 0.6) is 0 Å². The lowest BCUT2D eigenvalue weighted by molar-refractivity contribution is 0.118. The van der Waals surface area contributed by atoms with E-state index in [1.54, 1.807) is 0 Å². The first-order valence-corrected chi connectivity index (χ1v) is 6.37. The van der Waals surface area contributed by atoms with Crippen molar-refractivity contribution in [1.29, 1.82) is 0 Å². The van der Waals surface area contributed by atoms with E-state index in [-0.39, 0.29) is 0 Å². The Labute approximate surface area is 105 Å². The number of rotatable bonds is 10. The summed E-state index contributed by atoms with van der Waals surface area (Å²) < 4.78 is 5.59. The van der Waals surface area contributed by atoms with Crippen LogP contribution in [0.25, 0.3) is 0 Å². The zero-order valence-electron chi connectivity index (χ0n) is 10.5. The molecule has 1 N–H and O–H groups in total. The zero-order chi connectivity index (χ0) is 12.2. The largest absolute Gasteiger partial charge is 0.377 e. The van der Waals surface area contributed by atoms with Gasteiger partial charge in [-0.05, 0) is 37.9 Å². The number of nitrogens with one attached hydrogen (secondary N) is 1. The molecule has 0 amide bonds. The van der Waals surface area contributed by atoms with E-state index in [0.717, 1.165) is 39.1 Å².